The molecular formula is C15H13N2O3-. The van der Waals surface area contributed by atoms with Gasteiger partial charge in [-0.05, 0) is 24.5 Å². The number of rotatable bonds is 1. The minimum Gasteiger partial charge on any atom is -0.547 e. The number of carboxylic acids is 1. The number of fused-ring (bicyclic) bond motifs is 5. The number of nitrogens with zero attached hydrogens (tertiary/aromatic N) is 1. The van der Waals surface area contributed by atoms with Gasteiger partial charge in [0.2, 0.25) is 5.91 Å². The van der Waals surface area contributed by atoms with Gasteiger partial charge in [-0.25, -0.2) is 0 Å². The first-order valence-electron chi connectivity index (χ1n) is 6.76. The highest BCUT2D eigenvalue weighted by molar-refractivity contribution is 5.95. The number of carboxylic acid groups (broad SMARTS) is 1. The number of carbonyl (C=O) groups excluding carboxylic acids is 2. The van der Waals surface area contributed by atoms with Gasteiger partial charge in [-0.1, -0.05) is 18.2 Å². The van der Waals surface area contributed by atoms with Crippen molar-refractivity contribution in [1.29, 1.82) is 0 Å². The summed E-state index contributed by atoms with van der Waals surface area (Å²) in [7, 11) is 0. The monoisotopic (exact) mass is 269 g/mol. The average Bonchev–Trinajstić information content (AvgIpc) is 2.98. The van der Waals surface area contributed by atoms with Crippen LogP contribution in [0.2, 0.25) is 0 Å². The van der Waals surface area contributed by atoms with E-state index in [1.807, 2.05) is 24.3 Å². The Kier molecular flexibility index (Phi) is 2.09. The first-order valence-corrected chi connectivity index (χ1v) is 6.76. The van der Waals surface area contributed by atoms with E-state index in [0.717, 1.165) is 16.5 Å². The van der Waals surface area contributed by atoms with Crippen LogP contribution in [0, 0.1) is 0 Å². The summed E-state index contributed by atoms with van der Waals surface area (Å²) < 4.78 is 0. The van der Waals surface area contributed by atoms with Gasteiger partial charge >= 0.3 is 0 Å². The van der Waals surface area contributed by atoms with Crippen molar-refractivity contribution in [2.45, 2.75) is 24.8 Å². The second kappa shape index (κ2) is 3.62. The molecule has 0 radical (unpaired) electrons. The molecule has 2 aliphatic heterocycles. The molecule has 1 amide bonds. The molecule has 1 atom stereocenters. The lowest BCUT2D eigenvalue weighted by atomic mass is 9.85. The molecule has 3 heterocycles. The van der Waals surface area contributed by atoms with Crippen LogP contribution in [-0.4, -0.2) is 28.3 Å². The van der Waals surface area contributed by atoms with Crippen molar-refractivity contribution < 1.29 is 14.7 Å². The van der Waals surface area contributed by atoms with E-state index < -0.39 is 11.5 Å². The second-order valence-corrected chi connectivity index (χ2v) is 5.47. The number of nitrogens with one attached hydrogen (secondary N) is 1. The van der Waals surface area contributed by atoms with Gasteiger partial charge in [0.15, 0.2) is 0 Å². The van der Waals surface area contributed by atoms with Crippen molar-refractivity contribution in [3.63, 3.8) is 0 Å². The van der Waals surface area contributed by atoms with Gasteiger partial charge in [0, 0.05) is 23.9 Å². The number of hydrogen-bond acceptors (Lipinski definition) is 3. The molecule has 4 rings (SSSR count). The number of aromatic amines is 1. The van der Waals surface area contributed by atoms with Crippen molar-refractivity contribution >= 4 is 22.8 Å². The molecular weight excluding hydrogens is 256 g/mol. The second-order valence-electron chi connectivity index (χ2n) is 5.47. The lowest BCUT2D eigenvalue weighted by Crippen LogP contribution is -2.58. The quantitative estimate of drug-likeness (QED) is 0.808. The van der Waals surface area contributed by atoms with Crippen LogP contribution >= 0.6 is 0 Å². The molecule has 0 bridgehead atoms. The standard InChI is InChI=1S/C15H14N2O3/c18-12-5-7-15(14(19)20)13-10(6-8-17(12)15)9-3-1-2-4-11(9)16-13/h1-4,16H,5-8H2,(H,19,20)/p-1/t15-/m0/s1. The van der Waals surface area contributed by atoms with Gasteiger partial charge in [0.05, 0.1) is 11.7 Å². The molecule has 102 valence electrons. The van der Waals surface area contributed by atoms with Gasteiger partial charge in [-0.3, -0.25) is 4.79 Å². The maximum Gasteiger partial charge on any atom is 0.223 e. The molecule has 0 aliphatic carbocycles. The number of aliphatic carboxylic acids is 1. The Balaban J connectivity index is 2.04. The van der Waals surface area contributed by atoms with E-state index in [1.54, 1.807) is 0 Å². The van der Waals surface area contributed by atoms with Crippen molar-refractivity contribution in [1.82, 2.24) is 9.88 Å². The van der Waals surface area contributed by atoms with Gasteiger partial charge in [-0.2, -0.15) is 0 Å². The maximum absolute atomic E-state index is 12.0. The van der Waals surface area contributed by atoms with Gasteiger partial charge in [0.25, 0.3) is 0 Å². The Morgan fingerprint density at radius 1 is 1.30 bits per heavy atom. The Bertz CT molecular complexity index is 749. The van der Waals surface area contributed by atoms with E-state index in [1.165, 1.54) is 4.90 Å². The zero-order chi connectivity index (χ0) is 13.9. The fraction of sp³-hybridized carbons (Fsp3) is 0.333. The molecule has 0 spiro atoms. The van der Waals surface area contributed by atoms with Crippen LogP contribution in [0.3, 0.4) is 0 Å². The van der Waals surface area contributed by atoms with E-state index in [2.05, 4.69) is 4.98 Å². The molecule has 2 aromatic rings. The third-order valence-electron chi connectivity index (χ3n) is 4.61. The van der Waals surface area contributed by atoms with E-state index in [-0.39, 0.29) is 18.7 Å². The highest BCUT2D eigenvalue weighted by Crippen LogP contribution is 2.45. The SMILES string of the molecule is O=C1CC[C@@]2(C(=O)[O-])c3[nH]c4ccccc4c3CCN12. The molecule has 1 aromatic carbocycles. The lowest BCUT2D eigenvalue weighted by molar-refractivity contribution is -0.319. The number of carbonyl (C=O) groups is 2. The molecule has 0 saturated carbocycles. The number of hydrogen-bond donors (Lipinski definition) is 1. The average molecular weight is 269 g/mol. The van der Waals surface area contributed by atoms with E-state index in [4.69, 9.17) is 0 Å². The number of aromatic nitrogens is 1. The van der Waals surface area contributed by atoms with Gasteiger partial charge < -0.3 is 19.8 Å². The van der Waals surface area contributed by atoms with E-state index >= 15 is 0 Å². The molecule has 1 fully saturated rings. The topological polar surface area (TPSA) is 76.2 Å². The summed E-state index contributed by atoms with van der Waals surface area (Å²) in [5.74, 6) is -1.28. The van der Waals surface area contributed by atoms with Crippen molar-refractivity contribution in [3.05, 3.63) is 35.5 Å². The van der Waals surface area contributed by atoms with Gasteiger partial charge in [-0.15, -0.1) is 0 Å². The molecule has 5 nitrogen and oxygen atoms in total. The summed E-state index contributed by atoms with van der Waals surface area (Å²) in [5.41, 5.74) is 1.26. The maximum atomic E-state index is 12.0. The molecule has 1 saturated heterocycles. The fourth-order valence-electron chi connectivity index (χ4n) is 3.70. The molecule has 0 unspecified atom stereocenters. The molecule has 1 N–H and O–H groups in total. The highest BCUT2D eigenvalue weighted by Gasteiger charge is 2.52. The first-order chi connectivity index (χ1) is 9.64. The summed E-state index contributed by atoms with van der Waals surface area (Å²) >= 11 is 0. The highest BCUT2D eigenvalue weighted by atomic mass is 16.4. The number of benzene rings is 1. The van der Waals surface area contributed by atoms with Crippen LogP contribution in [0.15, 0.2) is 24.3 Å². The van der Waals surface area contributed by atoms with E-state index in [9.17, 15) is 14.7 Å². The van der Waals surface area contributed by atoms with Crippen molar-refractivity contribution in [2.24, 2.45) is 0 Å². The Labute approximate surface area is 115 Å². The number of para-hydroxylation sites is 1. The third-order valence-corrected chi connectivity index (χ3v) is 4.61. The van der Waals surface area contributed by atoms with Crippen molar-refractivity contribution in [2.75, 3.05) is 6.54 Å². The Hall–Kier alpha value is -2.30. The van der Waals surface area contributed by atoms with Crippen LogP contribution in [0.4, 0.5) is 0 Å². The molecule has 20 heavy (non-hydrogen) atoms. The third kappa shape index (κ3) is 1.18. The zero-order valence-electron chi connectivity index (χ0n) is 10.8. The van der Waals surface area contributed by atoms with Crippen LogP contribution < -0.4 is 5.11 Å². The van der Waals surface area contributed by atoms with Crippen LogP contribution in [-0.2, 0) is 21.5 Å². The fourth-order valence-corrected chi connectivity index (χ4v) is 3.70. The van der Waals surface area contributed by atoms with Crippen molar-refractivity contribution in [3.8, 4) is 0 Å². The zero-order valence-corrected chi connectivity index (χ0v) is 10.8. The molecule has 5 heteroatoms. The van der Waals surface area contributed by atoms with Crippen LogP contribution in [0.1, 0.15) is 24.1 Å². The normalized spacial score (nSPS) is 24.8. The minimum atomic E-state index is -1.30. The molecule has 1 aromatic heterocycles. The summed E-state index contributed by atoms with van der Waals surface area (Å²) in [6, 6.07) is 7.76. The summed E-state index contributed by atoms with van der Waals surface area (Å²) in [4.78, 5) is 28.5. The molecule has 2 aliphatic rings. The first kappa shape index (κ1) is 11.5. The summed E-state index contributed by atoms with van der Waals surface area (Å²) in [6.45, 7) is 0.446. The smallest absolute Gasteiger partial charge is 0.223 e. The number of H-pyrrole nitrogens is 1. The van der Waals surface area contributed by atoms with Crippen LogP contribution in [0.25, 0.3) is 10.9 Å². The Morgan fingerprint density at radius 3 is 2.90 bits per heavy atom. The van der Waals surface area contributed by atoms with Crippen LogP contribution in [0.5, 0.6) is 0 Å². The number of amides is 1. The summed E-state index contributed by atoms with van der Waals surface area (Å²) in [5, 5.41) is 12.9. The lowest BCUT2D eigenvalue weighted by Gasteiger charge is -2.42. The summed E-state index contributed by atoms with van der Waals surface area (Å²) in [6.07, 6.45) is 1.23. The van der Waals surface area contributed by atoms with Gasteiger partial charge in [0.1, 0.15) is 5.54 Å². The van der Waals surface area contributed by atoms with E-state index in [0.29, 0.717) is 18.7 Å². The predicted molar refractivity (Wildman–Crippen MR) is 69.6 cm³/mol. The largest absolute Gasteiger partial charge is 0.547 e. The Morgan fingerprint density at radius 2 is 2.10 bits per heavy atom. The minimum absolute atomic E-state index is 0.0986. The predicted octanol–water partition coefficient (Wildman–Crippen LogP) is 0.292.